The molecule has 0 aliphatic heterocycles. The SMILES string of the molecule is C/C(CC(=O)Nc1ccc(C)c(Cl)c1)=N\NC(=O)c1ccc(Cl)cc1Cl. The van der Waals surface area contributed by atoms with Crippen LogP contribution in [0.3, 0.4) is 0 Å². The second-order valence-electron chi connectivity index (χ2n) is 5.60. The summed E-state index contributed by atoms with van der Waals surface area (Å²) in [5, 5.41) is 7.86. The Morgan fingerprint density at radius 1 is 1.04 bits per heavy atom. The molecule has 2 amide bonds. The van der Waals surface area contributed by atoms with Gasteiger partial charge in [0.25, 0.3) is 5.91 Å². The number of hydrazone groups is 1. The van der Waals surface area contributed by atoms with Crippen LogP contribution in [0.5, 0.6) is 0 Å². The number of nitrogens with one attached hydrogen (secondary N) is 2. The minimum atomic E-state index is -0.489. The first-order chi connectivity index (χ1) is 12.3. The number of halogens is 3. The van der Waals surface area contributed by atoms with Gasteiger partial charge in [-0.15, -0.1) is 0 Å². The van der Waals surface area contributed by atoms with Gasteiger partial charge < -0.3 is 5.32 Å². The number of carbonyl (C=O) groups excluding carboxylic acids is 2. The fraction of sp³-hybridized carbons (Fsp3) is 0.167. The van der Waals surface area contributed by atoms with Crippen molar-refractivity contribution < 1.29 is 9.59 Å². The number of hydrogen-bond acceptors (Lipinski definition) is 3. The zero-order valence-electron chi connectivity index (χ0n) is 14.1. The number of carbonyl (C=O) groups is 2. The maximum absolute atomic E-state index is 12.1. The Labute approximate surface area is 166 Å². The monoisotopic (exact) mass is 411 g/mol. The van der Waals surface area contributed by atoms with Gasteiger partial charge in [0, 0.05) is 21.4 Å². The minimum absolute atomic E-state index is 0.0140. The van der Waals surface area contributed by atoms with Crippen molar-refractivity contribution in [3.63, 3.8) is 0 Å². The lowest BCUT2D eigenvalue weighted by molar-refractivity contribution is -0.115. The van der Waals surface area contributed by atoms with Crippen LogP contribution in [0.15, 0.2) is 41.5 Å². The highest BCUT2D eigenvalue weighted by Gasteiger charge is 2.11. The number of anilines is 1. The molecule has 0 heterocycles. The van der Waals surface area contributed by atoms with E-state index in [4.69, 9.17) is 34.8 Å². The molecule has 0 saturated carbocycles. The molecule has 0 aliphatic rings. The van der Waals surface area contributed by atoms with E-state index >= 15 is 0 Å². The predicted octanol–water partition coefficient (Wildman–Crippen LogP) is 5.09. The lowest BCUT2D eigenvalue weighted by Crippen LogP contribution is -2.21. The molecule has 2 N–H and O–H groups in total. The number of benzene rings is 2. The number of hydrogen-bond donors (Lipinski definition) is 2. The molecule has 0 aliphatic carbocycles. The first-order valence-electron chi connectivity index (χ1n) is 7.61. The lowest BCUT2D eigenvalue weighted by Gasteiger charge is -2.07. The van der Waals surface area contributed by atoms with Gasteiger partial charge in [-0.05, 0) is 49.7 Å². The van der Waals surface area contributed by atoms with Crippen molar-refractivity contribution in [3.05, 3.63) is 62.6 Å². The zero-order valence-corrected chi connectivity index (χ0v) is 16.3. The molecule has 0 radical (unpaired) electrons. The van der Waals surface area contributed by atoms with Crippen molar-refractivity contribution in [2.45, 2.75) is 20.3 Å². The van der Waals surface area contributed by atoms with E-state index in [2.05, 4.69) is 15.8 Å². The minimum Gasteiger partial charge on any atom is -0.326 e. The molecule has 0 atom stereocenters. The van der Waals surface area contributed by atoms with Crippen molar-refractivity contribution in [3.8, 4) is 0 Å². The van der Waals surface area contributed by atoms with Crippen LogP contribution in [0, 0.1) is 6.92 Å². The average Bonchev–Trinajstić information content (AvgIpc) is 2.56. The van der Waals surface area contributed by atoms with Crippen LogP contribution >= 0.6 is 34.8 Å². The molecule has 136 valence electrons. The van der Waals surface area contributed by atoms with E-state index in [0.717, 1.165) is 5.56 Å². The van der Waals surface area contributed by atoms with Crippen LogP contribution in [-0.4, -0.2) is 17.5 Å². The van der Waals surface area contributed by atoms with Crippen LogP contribution < -0.4 is 10.7 Å². The second-order valence-corrected chi connectivity index (χ2v) is 6.85. The molecule has 26 heavy (non-hydrogen) atoms. The first-order valence-corrected chi connectivity index (χ1v) is 8.74. The van der Waals surface area contributed by atoms with Crippen molar-refractivity contribution in [1.82, 2.24) is 5.43 Å². The Hall–Kier alpha value is -2.08. The maximum Gasteiger partial charge on any atom is 0.272 e. The first kappa shape index (κ1) is 20.2. The van der Waals surface area contributed by atoms with Gasteiger partial charge in [0.1, 0.15) is 0 Å². The molecule has 8 heteroatoms. The Balaban J connectivity index is 1.93. The third-order valence-corrected chi connectivity index (χ3v) is 4.35. The van der Waals surface area contributed by atoms with Crippen LogP contribution in [0.4, 0.5) is 5.69 Å². The van der Waals surface area contributed by atoms with E-state index in [1.165, 1.54) is 12.1 Å². The van der Waals surface area contributed by atoms with E-state index in [-0.39, 0.29) is 22.9 Å². The van der Waals surface area contributed by atoms with Gasteiger partial charge in [-0.1, -0.05) is 40.9 Å². The summed E-state index contributed by atoms with van der Waals surface area (Å²) in [5.74, 6) is -0.762. The Kier molecular flexibility index (Phi) is 7.03. The van der Waals surface area contributed by atoms with Gasteiger partial charge in [0.15, 0.2) is 0 Å². The summed E-state index contributed by atoms with van der Waals surface area (Å²) in [4.78, 5) is 24.1. The highest BCUT2D eigenvalue weighted by Crippen LogP contribution is 2.21. The number of nitrogens with zero attached hydrogens (tertiary/aromatic N) is 1. The van der Waals surface area contributed by atoms with Crippen LogP contribution in [0.1, 0.15) is 29.3 Å². The van der Waals surface area contributed by atoms with Crippen molar-refractivity contribution in [1.29, 1.82) is 0 Å². The summed E-state index contributed by atoms with van der Waals surface area (Å²) >= 11 is 17.8. The maximum atomic E-state index is 12.1. The van der Waals surface area contributed by atoms with Crippen molar-refractivity contribution in [2.24, 2.45) is 5.10 Å². The molecule has 2 aromatic rings. The molecule has 5 nitrogen and oxygen atoms in total. The number of amides is 2. The normalized spacial score (nSPS) is 11.2. The lowest BCUT2D eigenvalue weighted by atomic mass is 10.2. The Morgan fingerprint density at radius 3 is 2.42 bits per heavy atom. The fourth-order valence-corrected chi connectivity index (χ4v) is 2.70. The molecular formula is C18H16Cl3N3O2. The summed E-state index contributed by atoms with van der Waals surface area (Å²) in [6.45, 7) is 3.51. The molecule has 2 rings (SSSR count). The quantitative estimate of drug-likeness (QED) is 0.530. The van der Waals surface area contributed by atoms with E-state index in [1.54, 1.807) is 25.1 Å². The molecule has 0 unspecified atom stereocenters. The molecule has 0 bridgehead atoms. The number of aryl methyl sites for hydroxylation is 1. The topological polar surface area (TPSA) is 70.6 Å². The molecule has 0 saturated heterocycles. The Bertz CT molecular complexity index is 882. The highest BCUT2D eigenvalue weighted by atomic mass is 35.5. The summed E-state index contributed by atoms with van der Waals surface area (Å²) in [6.07, 6.45) is 0.0140. The fourth-order valence-electron chi connectivity index (χ4n) is 2.03. The number of rotatable bonds is 5. The summed E-state index contributed by atoms with van der Waals surface area (Å²) < 4.78 is 0. The van der Waals surface area contributed by atoms with E-state index in [1.807, 2.05) is 13.0 Å². The standard InChI is InChI=1S/C18H16Cl3N3O2/c1-10-3-5-13(9-15(10)20)22-17(25)7-11(2)23-24-18(26)14-6-4-12(19)8-16(14)21/h3-6,8-9H,7H2,1-2H3,(H,22,25)(H,24,26)/b23-11+. The summed E-state index contributed by atoms with van der Waals surface area (Å²) in [6, 6.07) is 9.77. The van der Waals surface area contributed by atoms with Crippen LogP contribution in [0.2, 0.25) is 15.1 Å². The van der Waals surface area contributed by atoms with Gasteiger partial charge in [-0.2, -0.15) is 5.10 Å². The van der Waals surface area contributed by atoms with Crippen LogP contribution in [-0.2, 0) is 4.79 Å². The summed E-state index contributed by atoms with van der Waals surface area (Å²) in [7, 11) is 0. The Morgan fingerprint density at radius 2 is 1.77 bits per heavy atom. The van der Waals surface area contributed by atoms with Crippen molar-refractivity contribution >= 4 is 58.0 Å². The van der Waals surface area contributed by atoms with Gasteiger partial charge in [-0.3, -0.25) is 9.59 Å². The molecular weight excluding hydrogens is 397 g/mol. The molecule has 0 spiro atoms. The predicted molar refractivity (Wildman–Crippen MR) is 106 cm³/mol. The van der Waals surface area contributed by atoms with Gasteiger partial charge in [0.2, 0.25) is 5.91 Å². The molecule has 0 aromatic heterocycles. The van der Waals surface area contributed by atoms with E-state index in [0.29, 0.717) is 21.4 Å². The molecule has 2 aromatic carbocycles. The zero-order chi connectivity index (χ0) is 19.3. The smallest absolute Gasteiger partial charge is 0.272 e. The van der Waals surface area contributed by atoms with Crippen LogP contribution in [0.25, 0.3) is 0 Å². The summed E-state index contributed by atoms with van der Waals surface area (Å²) in [5.41, 5.74) is 4.55. The largest absolute Gasteiger partial charge is 0.326 e. The van der Waals surface area contributed by atoms with E-state index < -0.39 is 5.91 Å². The molecule has 0 fully saturated rings. The van der Waals surface area contributed by atoms with Gasteiger partial charge >= 0.3 is 0 Å². The average molecular weight is 413 g/mol. The van der Waals surface area contributed by atoms with Gasteiger partial charge in [0.05, 0.1) is 17.0 Å². The van der Waals surface area contributed by atoms with E-state index in [9.17, 15) is 9.59 Å². The van der Waals surface area contributed by atoms with Crippen molar-refractivity contribution in [2.75, 3.05) is 5.32 Å². The highest BCUT2D eigenvalue weighted by molar-refractivity contribution is 6.36. The second kappa shape index (κ2) is 9.03. The van der Waals surface area contributed by atoms with Gasteiger partial charge in [-0.25, -0.2) is 5.43 Å². The third kappa shape index (κ3) is 5.73. The third-order valence-electron chi connectivity index (χ3n) is 3.40.